The molecule has 0 aromatic heterocycles. The average Bonchev–Trinajstić information content (AvgIpc) is 2.88. The van der Waals surface area contributed by atoms with Gasteiger partial charge in [-0.05, 0) is 59.0 Å². The summed E-state index contributed by atoms with van der Waals surface area (Å²) in [5.74, 6) is 5.79. The SMILES string of the molecule is CCN(CC)C(C)(C)C(CCCC1CCCO1)NN. The number of ether oxygens (including phenoxy) is 1. The first-order valence-electron chi connectivity index (χ1n) is 7.89. The maximum absolute atomic E-state index is 5.79. The molecule has 4 heteroatoms. The highest BCUT2D eigenvalue weighted by atomic mass is 16.5. The van der Waals surface area contributed by atoms with Crippen molar-refractivity contribution in [1.29, 1.82) is 0 Å². The van der Waals surface area contributed by atoms with Gasteiger partial charge in [0, 0.05) is 18.2 Å². The van der Waals surface area contributed by atoms with Crippen molar-refractivity contribution < 1.29 is 4.74 Å². The zero-order chi connectivity index (χ0) is 14.3. The summed E-state index contributed by atoms with van der Waals surface area (Å²) >= 11 is 0. The van der Waals surface area contributed by atoms with Gasteiger partial charge in [-0.3, -0.25) is 16.2 Å². The van der Waals surface area contributed by atoms with E-state index in [1.165, 1.54) is 25.7 Å². The van der Waals surface area contributed by atoms with Crippen LogP contribution in [-0.4, -0.2) is 42.3 Å². The fraction of sp³-hybridized carbons (Fsp3) is 1.00. The molecule has 1 aliphatic heterocycles. The van der Waals surface area contributed by atoms with Crippen LogP contribution in [0.5, 0.6) is 0 Å². The Balaban J connectivity index is 2.41. The van der Waals surface area contributed by atoms with Gasteiger partial charge in [-0.15, -0.1) is 0 Å². The summed E-state index contributed by atoms with van der Waals surface area (Å²) in [5, 5.41) is 0. The van der Waals surface area contributed by atoms with E-state index < -0.39 is 0 Å². The number of likely N-dealkylation sites (N-methyl/N-ethyl adjacent to an activating group) is 1. The van der Waals surface area contributed by atoms with Crippen molar-refractivity contribution in [2.24, 2.45) is 5.84 Å². The molecule has 0 amide bonds. The van der Waals surface area contributed by atoms with Crippen molar-refractivity contribution in [2.45, 2.75) is 77.5 Å². The number of hydrogen-bond acceptors (Lipinski definition) is 4. The first-order chi connectivity index (χ1) is 9.06. The van der Waals surface area contributed by atoms with Crippen LogP contribution in [0.15, 0.2) is 0 Å². The Kier molecular flexibility index (Phi) is 7.29. The fourth-order valence-corrected chi connectivity index (χ4v) is 3.32. The predicted octanol–water partition coefficient (Wildman–Crippen LogP) is 2.29. The van der Waals surface area contributed by atoms with Gasteiger partial charge >= 0.3 is 0 Å². The summed E-state index contributed by atoms with van der Waals surface area (Å²) in [7, 11) is 0. The molecule has 2 unspecified atom stereocenters. The maximum Gasteiger partial charge on any atom is 0.0576 e. The van der Waals surface area contributed by atoms with Gasteiger partial charge in [0.15, 0.2) is 0 Å². The molecule has 0 radical (unpaired) electrons. The third-order valence-electron chi connectivity index (χ3n) is 4.68. The molecule has 0 spiro atoms. The van der Waals surface area contributed by atoms with Gasteiger partial charge in [0.2, 0.25) is 0 Å². The standard InChI is InChI=1S/C15H33N3O/c1-5-18(6-2)15(3,4)14(17-16)11-7-9-13-10-8-12-19-13/h13-14,17H,5-12,16H2,1-4H3. The minimum absolute atomic E-state index is 0.0920. The van der Waals surface area contributed by atoms with E-state index in [-0.39, 0.29) is 5.54 Å². The van der Waals surface area contributed by atoms with Crippen molar-refractivity contribution >= 4 is 0 Å². The summed E-state index contributed by atoms with van der Waals surface area (Å²) < 4.78 is 5.68. The summed E-state index contributed by atoms with van der Waals surface area (Å²) in [4.78, 5) is 2.48. The molecule has 0 bridgehead atoms. The Labute approximate surface area is 119 Å². The number of nitrogens with two attached hydrogens (primary N) is 1. The summed E-state index contributed by atoms with van der Waals surface area (Å²) in [5.41, 5.74) is 3.13. The first-order valence-corrected chi connectivity index (χ1v) is 7.89. The van der Waals surface area contributed by atoms with Crippen LogP contribution in [0.3, 0.4) is 0 Å². The maximum atomic E-state index is 5.79. The van der Waals surface area contributed by atoms with Gasteiger partial charge < -0.3 is 4.74 Å². The van der Waals surface area contributed by atoms with E-state index in [1.54, 1.807) is 0 Å². The largest absolute Gasteiger partial charge is 0.378 e. The zero-order valence-corrected chi connectivity index (χ0v) is 13.2. The van der Waals surface area contributed by atoms with Gasteiger partial charge in [-0.1, -0.05) is 13.8 Å². The molecular formula is C15H33N3O. The van der Waals surface area contributed by atoms with Crippen LogP contribution < -0.4 is 11.3 Å². The van der Waals surface area contributed by atoms with Gasteiger partial charge in [0.1, 0.15) is 0 Å². The van der Waals surface area contributed by atoms with E-state index in [1.807, 2.05) is 0 Å². The number of hydrazine groups is 1. The van der Waals surface area contributed by atoms with Gasteiger partial charge in [-0.2, -0.15) is 0 Å². The van der Waals surface area contributed by atoms with Crippen LogP contribution in [0.1, 0.15) is 59.8 Å². The highest BCUT2D eigenvalue weighted by molar-refractivity contribution is 4.92. The molecule has 2 atom stereocenters. The van der Waals surface area contributed by atoms with Crippen molar-refractivity contribution in [1.82, 2.24) is 10.3 Å². The lowest BCUT2D eigenvalue weighted by atomic mass is 9.88. The Hall–Kier alpha value is -0.160. The van der Waals surface area contributed by atoms with Crippen molar-refractivity contribution in [3.63, 3.8) is 0 Å². The van der Waals surface area contributed by atoms with Crippen LogP contribution in [0.2, 0.25) is 0 Å². The van der Waals surface area contributed by atoms with E-state index >= 15 is 0 Å². The van der Waals surface area contributed by atoms with Crippen LogP contribution in [0, 0.1) is 0 Å². The van der Waals surface area contributed by atoms with E-state index in [9.17, 15) is 0 Å². The van der Waals surface area contributed by atoms with Crippen molar-refractivity contribution in [3.8, 4) is 0 Å². The molecule has 114 valence electrons. The Bertz CT molecular complexity index is 236. The Morgan fingerprint density at radius 2 is 2.05 bits per heavy atom. The third-order valence-corrected chi connectivity index (χ3v) is 4.68. The minimum Gasteiger partial charge on any atom is -0.378 e. The quantitative estimate of drug-likeness (QED) is 0.499. The van der Waals surface area contributed by atoms with E-state index in [2.05, 4.69) is 38.0 Å². The molecule has 0 aromatic rings. The molecule has 0 aromatic carbocycles. The number of hydrogen-bond donors (Lipinski definition) is 2. The second-order valence-corrected chi connectivity index (χ2v) is 6.11. The van der Waals surface area contributed by atoms with Crippen LogP contribution in [0.4, 0.5) is 0 Å². The summed E-state index contributed by atoms with van der Waals surface area (Å²) in [6.07, 6.45) is 6.43. The molecule has 1 saturated heterocycles. The lowest BCUT2D eigenvalue weighted by Crippen LogP contribution is -2.59. The summed E-state index contributed by atoms with van der Waals surface area (Å²) in [6, 6.07) is 0.328. The topological polar surface area (TPSA) is 50.5 Å². The smallest absolute Gasteiger partial charge is 0.0576 e. The molecule has 3 N–H and O–H groups in total. The lowest BCUT2D eigenvalue weighted by Gasteiger charge is -2.43. The molecule has 1 aliphatic rings. The number of rotatable bonds is 9. The monoisotopic (exact) mass is 271 g/mol. The Morgan fingerprint density at radius 3 is 2.53 bits per heavy atom. The van der Waals surface area contributed by atoms with Crippen LogP contribution in [0.25, 0.3) is 0 Å². The van der Waals surface area contributed by atoms with E-state index in [4.69, 9.17) is 10.6 Å². The van der Waals surface area contributed by atoms with Crippen molar-refractivity contribution in [3.05, 3.63) is 0 Å². The molecule has 1 rings (SSSR count). The number of nitrogens with zero attached hydrogens (tertiary/aromatic N) is 1. The fourth-order valence-electron chi connectivity index (χ4n) is 3.32. The van der Waals surface area contributed by atoms with E-state index in [0.29, 0.717) is 12.1 Å². The van der Waals surface area contributed by atoms with Gasteiger partial charge in [-0.25, -0.2) is 0 Å². The minimum atomic E-state index is 0.0920. The molecule has 4 nitrogen and oxygen atoms in total. The molecule has 0 saturated carbocycles. The average molecular weight is 271 g/mol. The van der Waals surface area contributed by atoms with Crippen LogP contribution in [-0.2, 0) is 4.74 Å². The van der Waals surface area contributed by atoms with Gasteiger partial charge in [0.05, 0.1) is 6.10 Å². The predicted molar refractivity (Wildman–Crippen MR) is 80.9 cm³/mol. The van der Waals surface area contributed by atoms with E-state index in [0.717, 1.165) is 26.1 Å². The lowest BCUT2D eigenvalue weighted by molar-refractivity contribution is 0.0772. The van der Waals surface area contributed by atoms with Gasteiger partial charge in [0.25, 0.3) is 0 Å². The number of nitrogens with one attached hydrogen (secondary N) is 1. The zero-order valence-electron chi connectivity index (χ0n) is 13.2. The summed E-state index contributed by atoms with van der Waals surface area (Å²) in [6.45, 7) is 12.1. The second kappa shape index (κ2) is 8.20. The highest BCUT2D eigenvalue weighted by Gasteiger charge is 2.33. The molecule has 0 aliphatic carbocycles. The molecular weight excluding hydrogens is 238 g/mol. The first kappa shape index (κ1) is 16.9. The highest BCUT2D eigenvalue weighted by Crippen LogP contribution is 2.24. The molecule has 19 heavy (non-hydrogen) atoms. The van der Waals surface area contributed by atoms with Crippen molar-refractivity contribution in [2.75, 3.05) is 19.7 Å². The second-order valence-electron chi connectivity index (χ2n) is 6.11. The third kappa shape index (κ3) is 4.71. The molecule has 1 heterocycles. The Morgan fingerprint density at radius 1 is 1.37 bits per heavy atom. The van der Waals surface area contributed by atoms with Crippen LogP contribution >= 0.6 is 0 Å². The molecule has 1 fully saturated rings. The normalized spacial score (nSPS) is 22.1.